The van der Waals surface area contributed by atoms with E-state index in [-0.39, 0.29) is 12.3 Å². The van der Waals surface area contributed by atoms with Crippen molar-refractivity contribution in [2.75, 3.05) is 19.3 Å². The quantitative estimate of drug-likeness (QED) is 0.636. The summed E-state index contributed by atoms with van der Waals surface area (Å²) in [6.07, 6.45) is 2.98. The first-order chi connectivity index (χ1) is 7.64. The molecule has 7 heteroatoms. The molecule has 0 saturated heterocycles. The van der Waals surface area contributed by atoms with E-state index in [1.807, 2.05) is 7.05 Å². The molecule has 0 unspecified atom stereocenters. The standard InChI is InChI=1S/C9H17N3O3S/c1-10-5-2-3-7-16(13,14)12-8-9-4-6-11-15-9/h4,6,10,12H,2-3,5,7-8H2,1H3. The van der Waals surface area contributed by atoms with Crippen LogP contribution in [0.4, 0.5) is 0 Å². The van der Waals surface area contributed by atoms with Gasteiger partial charge in [0, 0.05) is 6.07 Å². The molecule has 1 aromatic heterocycles. The molecule has 6 nitrogen and oxygen atoms in total. The zero-order chi connectivity index (χ0) is 11.9. The largest absolute Gasteiger partial charge is 0.360 e. The molecule has 0 radical (unpaired) electrons. The number of nitrogens with one attached hydrogen (secondary N) is 2. The Bertz CT molecular complexity index is 375. The number of hydrogen-bond acceptors (Lipinski definition) is 5. The molecular weight excluding hydrogens is 230 g/mol. The fourth-order valence-electron chi connectivity index (χ4n) is 1.18. The minimum Gasteiger partial charge on any atom is -0.360 e. The molecule has 0 amide bonds. The number of unbranched alkanes of at least 4 members (excludes halogenated alkanes) is 1. The van der Waals surface area contributed by atoms with Crippen molar-refractivity contribution in [3.05, 3.63) is 18.0 Å². The van der Waals surface area contributed by atoms with Crippen LogP contribution in [0.15, 0.2) is 16.8 Å². The van der Waals surface area contributed by atoms with E-state index in [9.17, 15) is 8.42 Å². The van der Waals surface area contributed by atoms with Gasteiger partial charge in [0.1, 0.15) is 0 Å². The third-order valence-electron chi connectivity index (χ3n) is 2.05. The van der Waals surface area contributed by atoms with Gasteiger partial charge in [0.15, 0.2) is 5.76 Å². The van der Waals surface area contributed by atoms with Gasteiger partial charge in [-0.2, -0.15) is 0 Å². The molecule has 2 N–H and O–H groups in total. The zero-order valence-corrected chi connectivity index (χ0v) is 10.1. The SMILES string of the molecule is CNCCCCS(=O)(=O)NCc1ccno1. The first-order valence-corrected chi connectivity index (χ1v) is 6.81. The van der Waals surface area contributed by atoms with Crippen LogP contribution < -0.4 is 10.0 Å². The molecule has 1 heterocycles. The summed E-state index contributed by atoms with van der Waals surface area (Å²) in [5.41, 5.74) is 0. The maximum atomic E-state index is 11.5. The Balaban J connectivity index is 2.23. The second kappa shape index (κ2) is 6.62. The molecule has 1 rings (SSSR count). The highest BCUT2D eigenvalue weighted by atomic mass is 32.2. The molecular formula is C9H17N3O3S. The minimum atomic E-state index is -3.20. The van der Waals surface area contributed by atoms with Crippen molar-refractivity contribution in [1.82, 2.24) is 15.2 Å². The monoisotopic (exact) mass is 247 g/mol. The average molecular weight is 247 g/mol. The summed E-state index contributed by atoms with van der Waals surface area (Å²) < 4.78 is 30.2. The van der Waals surface area contributed by atoms with Crippen molar-refractivity contribution in [2.24, 2.45) is 0 Å². The highest BCUT2D eigenvalue weighted by Gasteiger charge is 2.10. The molecule has 92 valence electrons. The second-order valence-corrected chi connectivity index (χ2v) is 5.36. The van der Waals surface area contributed by atoms with Gasteiger partial charge in [0.2, 0.25) is 10.0 Å². The lowest BCUT2D eigenvalue weighted by atomic mass is 10.3. The highest BCUT2D eigenvalue weighted by Crippen LogP contribution is 1.99. The van der Waals surface area contributed by atoms with Crippen LogP contribution in [0.5, 0.6) is 0 Å². The van der Waals surface area contributed by atoms with Crippen molar-refractivity contribution in [1.29, 1.82) is 0 Å². The van der Waals surface area contributed by atoms with E-state index in [2.05, 4.69) is 15.2 Å². The predicted molar refractivity (Wildman–Crippen MR) is 60.3 cm³/mol. The van der Waals surface area contributed by atoms with Crippen LogP contribution in [0.2, 0.25) is 0 Å². The van der Waals surface area contributed by atoms with Gasteiger partial charge >= 0.3 is 0 Å². The van der Waals surface area contributed by atoms with Gasteiger partial charge in [-0.05, 0) is 26.4 Å². The maximum absolute atomic E-state index is 11.5. The number of nitrogens with zero attached hydrogens (tertiary/aromatic N) is 1. The van der Waals surface area contributed by atoms with Gasteiger partial charge in [0.05, 0.1) is 18.5 Å². The Labute approximate surface area is 95.4 Å². The molecule has 16 heavy (non-hydrogen) atoms. The summed E-state index contributed by atoms with van der Waals surface area (Å²) in [6, 6.07) is 1.63. The number of hydrogen-bond donors (Lipinski definition) is 2. The van der Waals surface area contributed by atoms with Crippen molar-refractivity contribution >= 4 is 10.0 Å². The molecule has 0 atom stereocenters. The summed E-state index contributed by atoms with van der Waals surface area (Å²) in [5.74, 6) is 0.654. The van der Waals surface area contributed by atoms with E-state index >= 15 is 0 Å². The third kappa shape index (κ3) is 5.24. The van der Waals surface area contributed by atoms with Gasteiger partial charge in [-0.15, -0.1) is 0 Å². The van der Waals surface area contributed by atoms with Crippen LogP contribution in [-0.4, -0.2) is 32.9 Å². The van der Waals surface area contributed by atoms with Gasteiger partial charge in [0.25, 0.3) is 0 Å². The average Bonchev–Trinajstić information content (AvgIpc) is 2.75. The van der Waals surface area contributed by atoms with Crippen molar-refractivity contribution in [3.8, 4) is 0 Å². The number of sulfonamides is 1. The Morgan fingerprint density at radius 3 is 2.88 bits per heavy atom. The predicted octanol–water partition coefficient (Wildman–Crippen LogP) is 0.0936. The molecule has 0 aromatic carbocycles. The summed E-state index contributed by atoms with van der Waals surface area (Å²) in [6.45, 7) is 0.992. The lowest BCUT2D eigenvalue weighted by Gasteiger charge is -2.04. The van der Waals surface area contributed by atoms with E-state index in [1.54, 1.807) is 6.07 Å². The van der Waals surface area contributed by atoms with E-state index < -0.39 is 10.0 Å². The van der Waals surface area contributed by atoms with Gasteiger partial charge in [-0.3, -0.25) is 0 Å². The summed E-state index contributed by atoms with van der Waals surface area (Å²) in [5, 5.41) is 6.46. The second-order valence-electron chi connectivity index (χ2n) is 3.43. The molecule has 0 spiro atoms. The van der Waals surface area contributed by atoms with Crippen LogP contribution in [0.3, 0.4) is 0 Å². The van der Waals surface area contributed by atoms with Crippen LogP contribution in [0.1, 0.15) is 18.6 Å². The van der Waals surface area contributed by atoms with E-state index in [0.717, 1.165) is 13.0 Å². The van der Waals surface area contributed by atoms with E-state index in [0.29, 0.717) is 12.2 Å². The Morgan fingerprint density at radius 1 is 1.44 bits per heavy atom. The topological polar surface area (TPSA) is 84.2 Å². The van der Waals surface area contributed by atoms with Gasteiger partial charge < -0.3 is 9.84 Å². The van der Waals surface area contributed by atoms with E-state index in [4.69, 9.17) is 4.52 Å². The van der Waals surface area contributed by atoms with Gasteiger partial charge in [-0.1, -0.05) is 5.16 Å². The molecule has 1 aromatic rings. The highest BCUT2D eigenvalue weighted by molar-refractivity contribution is 7.89. The third-order valence-corrected chi connectivity index (χ3v) is 3.46. The van der Waals surface area contributed by atoms with Crippen LogP contribution in [0.25, 0.3) is 0 Å². The van der Waals surface area contributed by atoms with E-state index in [1.165, 1.54) is 6.20 Å². The molecule has 0 saturated carbocycles. The molecule has 0 aliphatic heterocycles. The Hall–Kier alpha value is -0.920. The van der Waals surface area contributed by atoms with Gasteiger partial charge in [-0.25, -0.2) is 13.1 Å². The Kier molecular flexibility index (Phi) is 5.44. The fraction of sp³-hybridized carbons (Fsp3) is 0.667. The minimum absolute atomic E-state index is 0.142. The van der Waals surface area contributed by atoms with Crippen molar-refractivity contribution in [2.45, 2.75) is 19.4 Å². The first kappa shape index (κ1) is 13.1. The zero-order valence-electron chi connectivity index (χ0n) is 9.27. The summed E-state index contributed by atoms with van der Waals surface area (Å²) in [7, 11) is -1.36. The summed E-state index contributed by atoms with van der Waals surface area (Å²) in [4.78, 5) is 0. The van der Waals surface area contributed by atoms with Crippen LogP contribution in [-0.2, 0) is 16.6 Å². The normalized spacial score (nSPS) is 11.8. The smallest absolute Gasteiger partial charge is 0.212 e. The molecule has 0 bridgehead atoms. The Morgan fingerprint density at radius 2 is 2.25 bits per heavy atom. The lowest BCUT2D eigenvalue weighted by Crippen LogP contribution is -2.26. The van der Waals surface area contributed by atoms with Crippen LogP contribution >= 0.6 is 0 Å². The molecule has 0 aliphatic carbocycles. The molecule has 0 aliphatic rings. The number of aromatic nitrogens is 1. The summed E-state index contributed by atoms with van der Waals surface area (Å²) >= 11 is 0. The first-order valence-electron chi connectivity index (χ1n) is 5.15. The number of rotatable bonds is 8. The van der Waals surface area contributed by atoms with Crippen molar-refractivity contribution < 1.29 is 12.9 Å². The molecule has 0 fully saturated rings. The lowest BCUT2D eigenvalue weighted by molar-refractivity contribution is 0.380. The van der Waals surface area contributed by atoms with Crippen LogP contribution in [0, 0.1) is 0 Å². The maximum Gasteiger partial charge on any atom is 0.212 e. The fourth-order valence-corrected chi connectivity index (χ4v) is 2.27. The van der Waals surface area contributed by atoms with Crippen molar-refractivity contribution in [3.63, 3.8) is 0 Å².